The van der Waals surface area contributed by atoms with Crippen molar-refractivity contribution in [3.8, 4) is 11.4 Å². The minimum Gasteiger partial charge on any atom is -0.358 e. The summed E-state index contributed by atoms with van der Waals surface area (Å²) in [6.07, 6.45) is 1.65. The molecule has 2 heterocycles. The van der Waals surface area contributed by atoms with Gasteiger partial charge in [-0.3, -0.25) is 14.9 Å². The van der Waals surface area contributed by atoms with Crippen molar-refractivity contribution < 1.29 is 9.72 Å². The summed E-state index contributed by atoms with van der Waals surface area (Å²) in [5, 5.41) is 16.9. The normalized spacial score (nSPS) is 17.2. The quantitative estimate of drug-likeness (QED) is 0.657. The van der Waals surface area contributed by atoms with Gasteiger partial charge in [-0.25, -0.2) is 9.97 Å². The molecule has 1 aliphatic rings. The van der Waals surface area contributed by atoms with Gasteiger partial charge in [-0.2, -0.15) is 0 Å². The van der Waals surface area contributed by atoms with Crippen LogP contribution in [0, 0.1) is 17.0 Å². The third kappa shape index (κ3) is 3.48. The predicted molar refractivity (Wildman–Crippen MR) is 88.5 cm³/mol. The number of nitro benzene ring substituents is 1. The van der Waals surface area contributed by atoms with Crippen molar-refractivity contribution >= 4 is 17.4 Å². The van der Waals surface area contributed by atoms with Crippen molar-refractivity contribution in [3.63, 3.8) is 0 Å². The van der Waals surface area contributed by atoms with E-state index in [1.165, 1.54) is 12.1 Å². The molecule has 2 N–H and O–H groups in total. The Kier molecular flexibility index (Phi) is 4.37. The number of nitro groups is 1. The van der Waals surface area contributed by atoms with Crippen molar-refractivity contribution in [2.75, 3.05) is 11.9 Å². The smallest absolute Gasteiger partial charge is 0.270 e. The molecule has 2 aromatic rings. The molecule has 24 heavy (non-hydrogen) atoms. The third-order valence-corrected chi connectivity index (χ3v) is 3.78. The average molecular weight is 327 g/mol. The molecule has 0 spiro atoms. The zero-order valence-electron chi connectivity index (χ0n) is 13.2. The summed E-state index contributed by atoms with van der Waals surface area (Å²) in [6, 6.07) is 7.60. The molecule has 1 amide bonds. The number of carbonyl (C=O) groups excluding carboxylic acids is 1. The maximum atomic E-state index is 11.9. The van der Waals surface area contributed by atoms with Gasteiger partial charge in [-0.15, -0.1) is 0 Å². The highest BCUT2D eigenvalue weighted by Crippen LogP contribution is 2.23. The second-order valence-corrected chi connectivity index (χ2v) is 5.66. The van der Waals surface area contributed by atoms with E-state index in [9.17, 15) is 14.9 Å². The molecule has 1 fully saturated rings. The Morgan fingerprint density at radius 1 is 1.33 bits per heavy atom. The number of hydrogen-bond donors (Lipinski definition) is 2. The van der Waals surface area contributed by atoms with Crippen LogP contribution in [-0.2, 0) is 4.79 Å². The van der Waals surface area contributed by atoms with Crippen molar-refractivity contribution in [2.45, 2.75) is 25.8 Å². The number of carbonyl (C=O) groups is 1. The topological polar surface area (TPSA) is 110 Å². The minimum absolute atomic E-state index is 0.0150. The maximum Gasteiger partial charge on any atom is 0.270 e. The van der Waals surface area contributed by atoms with Crippen molar-refractivity contribution in [1.82, 2.24) is 15.3 Å². The Bertz CT molecular complexity index is 793. The molecule has 0 radical (unpaired) electrons. The molecular weight excluding hydrogens is 310 g/mol. The standard InChI is InChI=1S/C16H17N5O3/c1-10-8-14(19-13-6-3-7-17-16(13)22)20-15(18-10)11-4-2-5-12(9-11)21(23)24/h2,4-5,8-9,13H,3,6-7H2,1H3,(H,17,22)(H,18,19,20). The molecule has 1 atom stereocenters. The van der Waals surface area contributed by atoms with Gasteiger partial charge in [0.1, 0.15) is 11.9 Å². The molecule has 8 heteroatoms. The fourth-order valence-corrected chi connectivity index (χ4v) is 2.62. The van der Waals surface area contributed by atoms with E-state index < -0.39 is 4.92 Å². The van der Waals surface area contributed by atoms with Crippen LogP contribution in [0.1, 0.15) is 18.5 Å². The van der Waals surface area contributed by atoms with E-state index in [0.29, 0.717) is 29.4 Å². The number of aromatic nitrogens is 2. The van der Waals surface area contributed by atoms with Gasteiger partial charge in [-0.1, -0.05) is 12.1 Å². The fourth-order valence-electron chi connectivity index (χ4n) is 2.62. The largest absolute Gasteiger partial charge is 0.358 e. The molecule has 0 bridgehead atoms. The Morgan fingerprint density at radius 3 is 2.92 bits per heavy atom. The molecule has 3 rings (SSSR count). The lowest BCUT2D eigenvalue weighted by Crippen LogP contribution is -2.44. The first-order valence-corrected chi connectivity index (χ1v) is 7.68. The molecule has 1 aliphatic heterocycles. The Morgan fingerprint density at radius 2 is 2.17 bits per heavy atom. The average Bonchev–Trinajstić information content (AvgIpc) is 2.56. The lowest BCUT2D eigenvalue weighted by Gasteiger charge is -2.23. The van der Waals surface area contributed by atoms with E-state index in [1.807, 2.05) is 6.92 Å². The van der Waals surface area contributed by atoms with E-state index in [4.69, 9.17) is 0 Å². The van der Waals surface area contributed by atoms with Gasteiger partial charge in [0.05, 0.1) is 4.92 Å². The number of piperidine rings is 1. The molecule has 0 aliphatic carbocycles. The van der Waals surface area contributed by atoms with Gasteiger partial charge in [-0.05, 0) is 19.8 Å². The molecule has 1 saturated heterocycles. The zero-order chi connectivity index (χ0) is 17.1. The summed E-state index contributed by atoms with van der Waals surface area (Å²) in [5.41, 5.74) is 1.26. The van der Waals surface area contributed by atoms with Crippen molar-refractivity contribution in [1.29, 1.82) is 0 Å². The summed E-state index contributed by atoms with van der Waals surface area (Å²) >= 11 is 0. The summed E-state index contributed by atoms with van der Waals surface area (Å²) in [6.45, 7) is 2.51. The van der Waals surface area contributed by atoms with E-state index in [2.05, 4.69) is 20.6 Å². The molecular formula is C16H17N5O3. The SMILES string of the molecule is Cc1cc(NC2CCCNC2=O)nc(-c2cccc([N+](=O)[O-])c2)n1. The first-order valence-electron chi connectivity index (χ1n) is 7.68. The fraction of sp³-hybridized carbons (Fsp3) is 0.312. The Balaban J connectivity index is 1.90. The molecule has 1 aromatic carbocycles. The number of nitrogens with one attached hydrogen (secondary N) is 2. The molecule has 124 valence electrons. The van der Waals surface area contributed by atoms with Crippen LogP contribution in [0.2, 0.25) is 0 Å². The zero-order valence-corrected chi connectivity index (χ0v) is 13.2. The number of rotatable bonds is 4. The van der Waals surface area contributed by atoms with Crippen LogP contribution >= 0.6 is 0 Å². The first kappa shape index (κ1) is 15.9. The second-order valence-electron chi connectivity index (χ2n) is 5.66. The number of anilines is 1. The highest BCUT2D eigenvalue weighted by atomic mass is 16.6. The highest BCUT2D eigenvalue weighted by Gasteiger charge is 2.22. The number of aryl methyl sites for hydroxylation is 1. The van der Waals surface area contributed by atoms with Crippen LogP contribution in [0.25, 0.3) is 11.4 Å². The van der Waals surface area contributed by atoms with Crippen LogP contribution in [-0.4, -0.2) is 33.4 Å². The Labute approximate surface area is 138 Å². The van der Waals surface area contributed by atoms with Gasteiger partial charge in [0.2, 0.25) is 5.91 Å². The van der Waals surface area contributed by atoms with Gasteiger partial charge in [0.15, 0.2) is 5.82 Å². The number of non-ortho nitro benzene ring substituents is 1. The van der Waals surface area contributed by atoms with E-state index in [0.717, 1.165) is 12.8 Å². The van der Waals surface area contributed by atoms with Crippen molar-refractivity contribution in [3.05, 3.63) is 46.1 Å². The van der Waals surface area contributed by atoms with Crippen LogP contribution in [0.4, 0.5) is 11.5 Å². The van der Waals surface area contributed by atoms with Crippen LogP contribution in [0.15, 0.2) is 30.3 Å². The number of hydrogen-bond acceptors (Lipinski definition) is 6. The predicted octanol–water partition coefficient (Wildman–Crippen LogP) is 2.05. The monoisotopic (exact) mass is 327 g/mol. The van der Waals surface area contributed by atoms with Crippen LogP contribution in [0.3, 0.4) is 0 Å². The van der Waals surface area contributed by atoms with E-state index in [-0.39, 0.29) is 17.6 Å². The molecule has 1 aromatic heterocycles. The number of nitrogens with zero attached hydrogens (tertiary/aromatic N) is 3. The summed E-state index contributed by atoms with van der Waals surface area (Å²) in [4.78, 5) is 31.1. The van der Waals surface area contributed by atoms with E-state index in [1.54, 1.807) is 18.2 Å². The number of benzene rings is 1. The van der Waals surface area contributed by atoms with E-state index >= 15 is 0 Å². The van der Waals surface area contributed by atoms with Gasteiger partial charge >= 0.3 is 0 Å². The van der Waals surface area contributed by atoms with Crippen LogP contribution < -0.4 is 10.6 Å². The minimum atomic E-state index is -0.454. The molecule has 0 saturated carbocycles. The third-order valence-electron chi connectivity index (χ3n) is 3.78. The summed E-state index contributed by atoms with van der Waals surface area (Å²) in [7, 11) is 0. The highest BCUT2D eigenvalue weighted by molar-refractivity contribution is 5.85. The molecule has 1 unspecified atom stereocenters. The number of amides is 1. The lowest BCUT2D eigenvalue weighted by molar-refractivity contribution is -0.384. The van der Waals surface area contributed by atoms with Gasteiger partial charge < -0.3 is 10.6 Å². The second kappa shape index (κ2) is 6.61. The van der Waals surface area contributed by atoms with Gasteiger partial charge in [0.25, 0.3) is 5.69 Å². The summed E-state index contributed by atoms with van der Waals surface area (Å²) < 4.78 is 0. The van der Waals surface area contributed by atoms with Crippen molar-refractivity contribution in [2.24, 2.45) is 0 Å². The summed E-state index contributed by atoms with van der Waals surface area (Å²) in [5.74, 6) is 0.873. The maximum absolute atomic E-state index is 11.9. The Hall–Kier alpha value is -3.03. The first-order chi connectivity index (χ1) is 11.5. The van der Waals surface area contributed by atoms with Crippen LogP contribution in [0.5, 0.6) is 0 Å². The lowest BCUT2D eigenvalue weighted by atomic mass is 10.1. The molecule has 8 nitrogen and oxygen atoms in total. The van der Waals surface area contributed by atoms with Gasteiger partial charge in [0, 0.05) is 36.0 Å².